The van der Waals surface area contributed by atoms with E-state index in [2.05, 4.69) is 0 Å². The predicted molar refractivity (Wildman–Crippen MR) is 55.4 cm³/mol. The molecule has 0 unspecified atom stereocenters. The van der Waals surface area contributed by atoms with Crippen LogP contribution in [0.15, 0.2) is 0 Å². The molecule has 5 N–H and O–H groups in total. The van der Waals surface area contributed by atoms with Crippen molar-refractivity contribution in [2.24, 2.45) is 17.5 Å². The number of carbonyl (C=O) groups excluding carboxylic acids is 3. The van der Waals surface area contributed by atoms with Crippen LogP contribution < -0.4 is 17.0 Å². The summed E-state index contributed by atoms with van der Waals surface area (Å²) in [6.45, 7) is 0.925. The molecular formula is C9H16N4O3. The molecule has 1 fully saturated rings. The molecular weight excluding hydrogens is 212 g/mol. The number of hydrogen-bond acceptors (Lipinski definition) is 4. The molecule has 1 aliphatic rings. The number of carbonyl (C=O) groups is 3. The number of rotatable bonds is 2. The van der Waals surface area contributed by atoms with Crippen LogP contribution in [0.1, 0.15) is 19.3 Å². The largest absolute Gasteiger partial charge is 0.370 e. The molecule has 0 bridgehead atoms. The number of nitrogens with zero attached hydrogens (tertiary/aromatic N) is 1. The van der Waals surface area contributed by atoms with Gasteiger partial charge in [0.25, 0.3) is 0 Å². The van der Waals surface area contributed by atoms with Crippen molar-refractivity contribution in [2.45, 2.75) is 19.3 Å². The lowest BCUT2D eigenvalue weighted by atomic mass is 9.93. The molecule has 0 aromatic carbocycles. The van der Waals surface area contributed by atoms with Crippen molar-refractivity contribution in [3.05, 3.63) is 0 Å². The minimum Gasteiger partial charge on any atom is -0.370 e. The molecule has 0 aromatic heterocycles. The fourth-order valence-electron chi connectivity index (χ4n) is 1.83. The van der Waals surface area contributed by atoms with Gasteiger partial charge in [-0.25, -0.2) is 5.84 Å². The van der Waals surface area contributed by atoms with Crippen molar-refractivity contribution in [1.82, 2.24) is 10.3 Å². The number of nitrogens with one attached hydrogen (secondary N) is 1. The van der Waals surface area contributed by atoms with Crippen LogP contribution in [0.3, 0.4) is 0 Å². The van der Waals surface area contributed by atoms with Crippen molar-refractivity contribution in [3.8, 4) is 0 Å². The van der Waals surface area contributed by atoms with Gasteiger partial charge in [-0.1, -0.05) is 0 Å². The minimum absolute atomic E-state index is 0.211. The Bertz CT molecular complexity index is 297. The number of hydrazine groups is 1. The summed E-state index contributed by atoms with van der Waals surface area (Å²) in [4.78, 5) is 34.5. The Morgan fingerprint density at radius 1 is 1.25 bits per heavy atom. The molecule has 0 spiro atoms. The van der Waals surface area contributed by atoms with Crippen molar-refractivity contribution in [1.29, 1.82) is 0 Å². The van der Waals surface area contributed by atoms with E-state index in [1.165, 1.54) is 4.90 Å². The Morgan fingerprint density at radius 2 is 1.81 bits per heavy atom. The van der Waals surface area contributed by atoms with Gasteiger partial charge in [0.2, 0.25) is 5.91 Å². The smallest absolute Gasteiger partial charge is 0.323 e. The first kappa shape index (κ1) is 12.4. The molecule has 1 heterocycles. The number of primary amides is 1. The van der Waals surface area contributed by atoms with E-state index < -0.39 is 11.8 Å². The highest BCUT2D eigenvalue weighted by Crippen LogP contribution is 2.19. The third kappa shape index (κ3) is 3.20. The molecule has 90 valence electrons. The van der Waals surface area contributed by atoms with Gasteiger partial charge < -0.3 is 10.6 Å². The molecule has 16 heavy (non-hydrogen) atoms. The van der Waals surface area contributed by atoms with Crippen LogP contribution >= 0.6 is 0 Å². The zero-order valence-electron chi connectivity index (χ0n) is 8.94. The Labute approximate surface area is 93.1 Å². The lowest BCUT2D eigenvalue weighted by Gasteiger charge is -2.30. The molecule has 3 amide bonds. The topological polar surface area (TPSA) is 119 Å². The predicted octanol–water partition coefficient (Wildman–Crippen LogP) is -1.91. The summed E-state index contributed by atoms with van der Waals surface area (Å²) in [6, 6.07) is 0. The van der Waals surface area contributed by atoms with Gasteiger partial charge in [-0.05, 0) is 18.8 Å². The van der Waals surface area contributed by atoms with Gasteiger partial charge >= 0.3 is 11.8 Å². The van der Waals surface area contributed by atoms with E-state index in [4.69, 9.17) is 11.6 Å². The first-order chi connectivity index (χ1) is 7.54. The molecule has 1 rings (SSSR count). The third-order valence-corrected chi connectivity index (χ3v) is 2.72. The average molecular weight is 228 g/mol. The second-order valence-corrected chi connectivity index (χ2v) is 3.88. The van der Waals surface area contributed by atoms with E-state index in [0.717, 1.165) is 0 Å². The SMILES string of the molecule is NNC(=O)C(=O)N1CCC(CC(N)=O)CC1. The highest BCUT2D eigenvalue weighted by atomic mass is 16.2. The number of likely N-dealkylation sites (tertiary alicyclic amines) is 1. The van der Waals surface area contributed by atoms with Crippen LogP contribution in [0.2, 0.25) is 0 Å². The molecule has 0 radical (unpaired) electrons. The van der Waals surface area contributed by atoms with Gasteiger partial charge in [0.05, 0.1) is 0 Å². The van der Waals surface area contributed by atoms with Gasteiger partial charge in [0.15, 0.2) is 0 Å². The lowest BCUT2D eigenvalue weighted by Crippen LogP contribution is -2.48. The van der Waals surface area contributed by atoms with E-state index in [1.54, 1.807) is 5.43 Å². The summed E-state index contributed by atoms with van der Waals surface area (Å²) in [5, 5.41) is 0. The fraction of sp³-hybridized carbons (Fsp3) is 0.667. The highest BCUT2D eigenvalue weighted by Gasteiger charge is 2.26. The number of hydrogen-bond donors (Lipinski definition) is 3. The van der Waals surface area contributed by atoms with E-state index >= 15 is 0 Å². The van der Waals surface area contributed by atoms with Crippen LogP contribution in [0.25, 0.3) is 0 Å². The third-order valence-electron chi connectivity index (χ3n) is 2.72. The van der Waals surface area contributed by atoms with E-state index in [1.807, 2.05) is 0 Å². The second kappa shape index (κ2) is 5.45. The summed E-state index contributed by atoms with van der Waals surface area (Å²) in [5.74, 6) is 3.31. The van der Waals surface area contributed by atoms with Crippen LogP contribution in [0.5, 0.6) is 0 Å². The van der Waals surface area contributed by atoms with Crippen molar-refractivity contribution in [3.63, 3.8) is 0 Å². The average Bonchev–Trinajstić information content (AvgIpc) is 2.27. The molecule has 0 aliphatic carbocycles. The number of piperidine rings is 1. The first-order valence-corrected chi connectivity index (χ1v) is 5.12. The first-order valence-electron chi connectivity index (χ1n) is 5.12. The summed E-state index contributed by atoms with van der Waals surface area (Å²) in [6.07, 6.45) is 1.71. The number of amides is 3. The van der Waals surface area contributed by atoms with E-state index in [0.29, 0.717) is 32.4 Å². The minimum atomic E-state index is -0.812. The highest BCUT2D eigenvalue weighted by molar-refractivity contribution is 6.34. The Kier molecular flexibility index (Phi) is 4.24. The quantitative estimate of drug-likeness (QED) is 0.221. The lowest BCUT2D eigenvalue weighted by molar-refractivity contribution is -0.146. The maximum atomic E-state index is 11.4. The normalized spacial score (nSPS) is 16.9. The van der Waals surface area contributed by atoms with Crippen molar-refractivity contribution in [2.75, 3.05) is 13.1 Å². The van der Waals surface area contributed by atoms with E-state index in [9.17, 15) is 14.4 Å². The van der Waals surface area contributed by atoms with Crippen LogP contribution in [0.4, 0.5) is 0 Å². The molecule has 1 saturated heterocycles. The van der Waals surface area contributed by atoms with Crippen molar-refractivity contribution < 1.29 is 14.4 Å². The second-order valence-electron chi connectivity index (χ2n) is 3.88. The van der Waals surface area contributed by atoms with Crippen LogP contribution in [0, 0.1) is 5.92 Å². The van der Waals surface area contributed by atoms with Gasteiger partial charge in [-0.2, -0.15) is 0 Å². The standard InChI is InChI=1S/C9H16N4O3/c10-7(14)5-6-1-3-13(4-2-6)9(16)8(15)12-11/h6H,1-5,11H2,(H2,10,14)(H,12,15). The molecule has 1 aliphatic heterocycles. The summed E-state index contributed by atoms with van der Waals surface area (Å²) in [7, 11) is 0. The monoisotopic (exact) mass is 228 g/mol. The van der Waals surface area contributed by atoms with Gasteiger partial charge in [0.1, 0.15) is 0 Å². The van der Waals surface area contributed by atoms with Gasteiger partial charge in [-0.15, -0.1) is 0 Å². The Hall–Kier alpha value is -1.63. The summed E-state index contributed by atoms with van der Waals surface area (Å²) < 4.78 is 0. The van der Waals surface area contributed by atoms with Crippen molar-refractivity contribution >= 4 is 17.7 Å². The fourth-order valence-corrected chi connectivity index (χ4v) is 1.83. The number of nitrogens with two attached hydrogens (primary N) is 2. The van der Waals surface area contributed by atoms with Crippen LogP contribution in [-0.4, -0.2) is 35.7 Å². The molecule has 0 aromatic rings. The Morgan fingerprint density at radius 3 is 2.25 bits per heavy atom. The van der Waals surface area contributed by atoms with Gasteiger partial charge in [-0.3, -0.25) is 19.8 Å². The zero-order valence-corrected chi connectivity index (χ0v) is 8.94. The summed E-state index contributed by atoms with van der Waals surface area (Å²) >= 11 is 0. The van der Waals surface area contributed by atoms with Crippen LogP contribution in [-0.2, 0) is 14.4 Å². The molecule has 7 heteroatoms. The zero-order chi connectivity index (χ0) is 12.1. The maximum absolute atomic E-state index is 11.4. The Balaban J connectivity index is 2.40. The maximum Gasteiger partial charge on any atom is 0.323 e. The molecule has 7 nitrogen and oxygen atoms in total. The van der Waals surface area contributed by atoms with E-state index in [-0.39, 0.29) is 11.8 Å². The molecule has 0 saturated carbocycles. The summed E-state index contributed by atoms with van der Waals surface area (Å²) in [5.41, 5.74) is 6.89. The van der Waals surface area contributed by atoms with Gasteiger partial charge in [0, 0.05) is 19.5 Å². The molecule has 0 atom stereocenters.